The molecule has 0 aromatic heterocycles. The predicted octanol–water partition coefficient (Wildman–Crippen LogP) is 3.17. The van der Waals surface area contributed by atoms with Crippen molar-refractivity contribution < 1.29 is 4.79 Å². The van der Waals surface area contributed by atoms with Gasteiger partial charge in [0, 0.05) is 18.7 Å². The fourth-order valence-electron chi connectivity index (χ4n) is 2.94. The number of nitrogens with zero attached hydrogens (tertiary/aromatic N) is 1. The van der Waals surface area contributed by atoms with Crippen molar-refractivity contribution >= 4 is 11.5 Å². The van der Waals surface area contributed by atoms with E-state index in [9.17, 15) is 4.79 Å². The molecule has 2 heteroatoms. The monoisotopic (exact) mass is 231 g/mol. The maximum absolute atomic E-state index is 11.9. The molecule has 0 unspecified atom stereocenters. The van der Waals surface area contributed by atoms with Crippen LogP contribution in [0.5, 0.6) is 0 Å². The van der Waals surface area contributed by atoms with Gasteiger partial charge in [-0.2, -0.15) is 0 Å². The molecule has 1 aromatic carbocycles. The number of benzene rings is 1. The summed E-state index contributed by atoms with van der Waals surface area (Å²) in [6.45, 7) is 11.3. The summed E-state index contributed by atoms with van der Waals surface area (Å²) in [4.78, 5) is 14.2. The molecular weight excluding hydrogens is 210 g/mol. The third kappa shape index (κ3) is 1.86. The molecule has 2 nitrogen and oxygen atoms in total. The summed E-state index contributed by atoms with van der Waals surface area (Å²) in [6, 6.07) is 4.39. The number of ketones is 1. The molecule has 0 spiro atoms. The molecule has 0 saturated carbocycles. The number of anilines is 1. The number of carbonyl (C=O) groups excluding carboxylic acids is 1. The van der Waals surface area contributed by atoms with E-state index < -0.39 is 0 Å². The minimum atomic E-state index is -0.356. The van der Waals surface area contributed by atoms with Crippen molar-refractivity contribution in [2.24, 2.45) is 0 Å². The fraction of sp³-hybridized carbons (Fsp3) is 0.533. The first-order valence-electron chi connectivity index (χ1n) is 6.23. The standard InChI is InChI=1S/C15H21NO/c1-10-8-11(2)14(12(3)9-10)16-7-6-13(17)15(16,4)5/h8-9H,6-7H2,1-5H3. The van der Waals surface area contributed by atoms with E-state index in [0.717, 1.165) is 6.54 Å². The summed E-state index contributed by atoms with van der Waals surface area (Å²) in [6.07, 6.45) is 0.666. The van der Waals surface area contributed by atoms with E-state index >= 15 is 0 Å². The molecule has 1 heterocycles. The van der Waals surface area contributed by atoms with Crippen LogP contribution in [0.1, 0.15) is 37.0 Å². The Balaban J connectivity index is 2.52. The van der Waals surface area contributed by atoms with Crippen LogP contribution in [0.4, 0.5) is 5.69 Å². The van der Waals surface area contributed by atoms with E-state index in [-0.39, 0.29) is 5.54 Å². The Morgan fingerprint density at radius 3 is 2.06 bits per heavy atom. The first kappa shape index (κ1) is 12.2. The molecule has 1 saturated heterocycles. The van der Waals surface area contributed by atoms with Gasteiger partial charge in [0.15, 0.2) is 5.78 Å². The summed E-state index contributed by atoms with van der Waals surface area (Å²) >= 11 is 0. The van der Waals surface area contributed by atoms with Crippen LogP contribution in [-0.2, 0) is 4.79 Å². The van der Waals surface area contributed by atoms with Crippen LogP contribution in [0.3, 0.4) is 0 Å². The zero-order valence-corrected chi connectivity index (χ0v) is 11.4. The highest BCUT2D eigenvalue weighted by atomic mass is 16.1. The molecule has 0 amide bonds. The van der Waals surface area contributed by atoms with Crippen LogP contribution in [-0.4, -0.2) is 17.9 Å². The minimum Gasteiger partial charge on any atom is -0.358 e. The van der Waals surface area contributed by atoms with Gasteiger partial charge in [-0.05, 0) is 45.7 Å². The summed E-state index contributed by atoms with van der Waals surface area (Å²) in [7, 11) is 0. The van der Waals surface area contributed by atoms with Crippen LogP contribution in [0.2, 0.25) is 0 Å². The fourth-order valence-corrected chi connectivity index (χ4v) is 2.94. The van der Waals surface area contributed by atoms with E-state index in [1.807, 2.05) is 13.8 Å². The Kier molecular flexibility index (Phi) is 2.76. The van der Waals surface area contributed by atoms with Gasteiger partial charge in [0.2, 0.25) is 0 Å². The second kappa shape index (κ2) is 3.86. The lowest BCUT2D eigenvalue weighted by molar-refractivity contribution is -0.120. The molecule has 2 rings (SSSR count). The largest absolute Gasteiger partial charge is 0.358 e. The average molecular weight is 231 g/mol. The topological polar surface area (TPSA) is 20.3 Å². The molecule has 0 N–H and O–H groups in total. The lowest BCUT2D eigenvalue weighted by Crippen LogP contribution is -2.43. The normalized spacial score (nSPS) is 18.9. The van der Waals surface area contributed by atoms with Gasteiger partial charge < -0.3 is 4.90 Å². The van der Waals surface area contributed by atoms with Crippen molar-refractivity contribution in [3.63, 3.8) is 0 Å². The molecule has 1 aliphatic rings. The van der Waals surface area contributed by atoms with Gasteiger partial charge in [-0.3, -0.25) is 4.79 Å². The van der Waals surface area contributed by atoms with Gasteiger partial charge >= 0.3 is 0 Å². The maximum atomic E-state index is 11.9. The quantitative estimate of drug-likeness (QED) is 0.740. The Morgan fingerprint density at radius 1 is 1.12 bits per heavy atom. The highest BCUT2D eigenvalue weighted by Gasteiger charge is 2.40. The van der Waals surface area contributed by atoms with Crippen LogP contribution in [0.15, 0.2) is 12.1 Å². The number of hydrogen-bond acceptors (Lipinski definition) is 2. The molecule has 0 bridgehead atoms. The molecule has 1 fully saturated rings. The van der Waals surface area contributed by atoms with Gasteiger partial charge in [-0.1, -0.05) is 17.7 Å². The summed E-state index contributed by atoms with van der Waals surface area (Å²) < 4.78 is 0. The Hall–Kier alpha value is -1.31. The number of carbonyl (C=O) groups is 1. The van der Waals surface area contributed by atoms with Gasteiger partial charge in [-0.15, -0.1) is 0 Å². The minimum absolute atomic E-state index is 0.344. The maximum Gasteiger partial charge on any atom is 0.159 e. The van der Waals surface area contributed by atoms with E-state index in [2.05, 4.69) is 37.8 Å². The second-order valence-corrected chi connectivity index (χ2v) is 5.63. The highest BCUT2D eigenvalue weighted by molar-refractivity contribution is 5.95. The van der Waals surface area contributed by atoms with Gasteiger partial charge in [-0.25, -0.2) is 0 Å². The average Bonchev–Trinajstić information content (AvgIpc) is 2.43. The molecule has 0 radical (unpaired) electrons. The lowest BCUT2D eigenvalue weighted by atomic mass is 9.97. The second-order valence-electron chi connectivity index (χ2n) is 5.63. The molecule has 17 heavy (non-hydrogen) atoms. The third-order valence-corrected chi connectivity index (χ3v) is 3.82. The first-order chi connectivity index (χ1) is 7.84. The van der Waals surface area contributed by atoms with Crippen LogP contribution < -0.4 is 4.90 Å². The molecule has 0 atom stereocenters. The Bertz CT molecular complexity index is 451. The van der Waals surface area contributed by atoms with E-state index in [4.69, 9.17) is 0 Å². The van der Waals surface area contributed by atoms with E-state index in [1.54, 1.807) is 0 Å². The van der Waals surface area contributed by atoms with Crippen LogP contribution >= 0.6 is 0 Å². The van der Waals surface area contributed by atoms with Crippen LogP contribution in [0.25, 0.3) is 0 Å². The smallest absolute Gasteiger partial charge is 0.159 e. The van der Waals surface area contributed by atoms with Gasteiger partial charge in [0.05, 0.1) is 5.54 Å². The van der Waals surface area contributed by atoms with E-state index in [0.29, 0.717) is 12.2 Å². The molecule has 0 aliphatic carbocycles. The lowest BCUT2D eigenvalue weighted by Gasteiger charge is -2.34. The van der Waals surface area contributed by atoms with Crippen molar-refractivity contribution in [2.75, 3.05) is 11.4 Å². The molecule has 1 aromatic rings. The van der Waals surface area contributed by atoms with Crippen molar-refractivity contribution in [3.8, 4) is 0 Å². The Morgan fingerprint density at radius 2 is 1.65 bits per heavy atom. The van der Waals surface area contributed by atoms with Crippen molar-refractivity contribution in [1.29, 1.82) is 0 Å². The first-order valence-corrected chi connectivity index (χ1v) is 6.23. The third-order valence-electron chi connectivity index (χ3n) is 3.82. The molecular formula is C15H21NO. The summed E-state index contributed by atoms with van der Waals surface area (Å²) in [5.41, 5.74) is 4.71. The number of rotatable bonds is 1. The highest BCUT2D eigenvalue weighted by Crippen LogP contribution is 2.36. The SMILES string of the molecule is Cc1cc(C)c(N2CCC(=O)C2(C)C)c(C)c1. The van der Waals surface area contributed by atoms with Crippen molar-refractivity contribution in [3.05, 3.63) is 28.8 Å². The zero-order chi connectivity index (χ0) is 12.8. The molecule has 1 aliphatic heterocycles. The summed E-state index contributed by atoms with van der Waals surface area (Å²) in [5, 5.41) is 0. The predicted molar refractivity (Wildman–Crippen MR) is 71.7 cm³/mol. The van der Waals surface area contributed by atoms with E-state index in [1.165, 1.54) is 22.4 Å². The van der Waals surface area contributed by atoms with Gasteiger partial charge in [0.1, 0.15) is 0 Å². The van der Waals surface area contributed by atoms with Crippen molar-refractivity contribution in [2.45, 2.75) is 46.6 Å². The van der Waals surface area contributed by atoms with Crippen molar-refractivity contribution in [1.82, 2.24) is 0 Å². The zero-order valence-electron chi connectivity index (χ0n) is 11.4. The molecule has 92 valence electrons. The Labute approximate surface area is 104 Å². The van der Waals surface area contributed by atoms with Gasteiger partial charge in [0.25, 0.3) is 0 Å². The number of hydrogen-bond donors (Lipinski definition) is 0. The summed E-state index contributed by atoms with van der Waals surface area (Å²) in [5.74, 6) is 0.344. The number of Topliss-reactive ketones (excluding diaryl/α,β-unsaturated/α-hetero) is 1. The van der Waals surface area contributed by atoms with Crippen LogP contribution in [0, 0.1) is 20.8 Å². The number of aryl methyl sites for hydroxylation is 3.